The molecule has 1 N–H and O–H groups in total. The van der Waals surface area contributed by atoms with E-state index in [9.17, 15) is 5.11 Å². The molecule has 5 aromatic rings. The zero-order valence-electron chi connectivity index (χ0n) is 13.0. The summed E-state index contributed by atoms with van der Waals surface area (Å²) >= 11 is 0. The lowest BCUT2D eigenvalue weighted by Gasteiger charge is -2.09. The van der Waals surface area contributed by atoms with Gasteiger partial charge in [-0.25, -0.2) is 0 Å². The maximum atomic E-state index is 10.0. The van der Waals surface area contributed by atoms with Crippen LogP contribution in [0.4, 0.5) is 0 Å². The Bertz CT molecular complexity index is 1200. The van der Waals surface area contributed by atoms with Crippen molar-refractivity contribution in [1.29, 1.82) is 0 Å². The predicted octanol–water partition coefficient (Wildman–Crippen LogP) is 5.64. The maximum Gasteiger partial charge on any atom is 0.116 e. The van der Waals surface area contributed by atoms with E-state index in [-0.39, 0.29) is 0 Å². The monoisotopic (exact) mass is 309 g/mol. The Kier molecular flexibility index (Phi) is 2.68. The summed E-state index contributed by atoms with van der Waals surface area (Å²) in [6.45, 7) is 0. The van der Waals surface area contributed by atoms with Crippen LogP contribution in [0.2, 0.25) is 0 Å². The second-order valence-corrected chi connectivity index (χ2v) is 6.06. The minimum atomic E-state index is 0.292. The lowest BCUT2D eigenvalue weighted by Crippen LogP contribution is -1.93. The minimum Gasteiger partial charge on any atom is -0.508 e. The molecule has 2 nitrogen and oxygen atoms in total. The number of fused-ring (bicyclic) bond motifs is 5. The first-order valence-electron chi connectivity index (χ1n) is 8.03. The number of para-hydroxylation sites is 2. The minimum absolute atomic E-state index is 0.292. The number of hydrogen-bond donors (Lipinski definition) is 1. The fraction of sp³-hybridized carbons (Fsp3) is 0. The highest BCUT2D eigenvalue weighted by molar-refractivity contribution is 6.18. The Morgan fingerprint density at radius 1 is 0.625 bits per heavy atom. The smallest absolute Gasteiger partial charge is 0.116 e. The molecule has 0 radical (unpaired) electrons. The van der Waals surface area contributed by atoms with Gasteiger partial charge < -0.3 is 9.67 Å². The second kappa shape index (κ2) is 4.87. The SMILES string of the molecule is Oc1ccc2ccc3c4ccccc4n(-c4ccccc4)c3c2c1. The Labute approximate surface area is 139 Å². The normalized spacial score (nSPS) is 11.5. The summed E-state index contributed by atoms with van der Waals surface area (Å²) in [7, 11) is 0. The molecule has 0 fully saturated rings. The third kappa shape index (κ3) is 1.77. The summed E-state index contributed by atoms with van der Waals surface area (Å²) in [4.78, 5) is 0. The van der Waals surface area contributed by atoms with Gasteiger partial charge in [0, 0.05) is 21.8 Å². The number of aromatic nitrogens is 1. The van der Waals surface area contributed by atoms with Gasteiger partial charge in [-0.3, -0.25) is 0 Å². The van der Waals surface area contributed by atoms with E-state index in [0.29, 0.717) is 5.75 Å². The van der Waals surface area contributed by atoms with Gasteiger partial charge in [0.15, 0.2) is 0 Å². The maximum absolute atomic E-state index is 10.0. The Morgan fingerprint density at radius 3 is 2.25 bits per heavy atom. The Hall–Kier alpha value is -3.26. The molecule has 0 amide bonds. The number of phenols is 1. The second-order valence-electron chi connectivity index (χ2n) is 6.06. The summed E-state index contributed by atoms with van der Waals surface area (Å²) in [5.41, 5.74) is 3.44. The molecule has 24 heavy (non-hydrogen) atoms. The first kappa shape index (κ1) is 13.2. The van der Waals surface area contributed by atoms with Gasteiger partial charge in [0.05, 0.1) is 11.0 Å². The molecule has 0 atom stereocenters. The van der Waals surface area contributed by atoms with Gasteiger partial charge in [-0.05, 0) is 35.7 Å². The summed E-state index contributed by atoms with van der Waals surface area (Å²) in [6, 6.07) is 28.7. The summed E-state index contributed by atoms with van der Waals surface area (Å²) in [5.74, 6) is 0.292. The zero-order chi connectivity index (χ0) is 16.1. The zero-order valence-corrected chi connectivity index (χ0v) is 13.0. The number of nitrogens with zero attached hydrogens (tertiary/aromatic N) is 1. The van der Waals surface area contributed by atoms with E-state index >= 15 is 0 Å². The number of rotatable bonds is 1. The number of phenolic OH excluding ortho intramolecular Hbond substituents is 1. The van der Waals surface area contributed by atoms with E-state index in [1.54, 1.807) is 6.07 Å². The Morgan fingerprint density at radius 2 is 1.38 bits per heavy atom. The third-order valence-electron chi connectivity index (χ3n) is 4.65. The van der Waals surface area contributed by atoms with Crippen molar-refractivity contribution in [3.8, 4) is 11.4 Å². The average molecular weight is 309 g/mol. The molecule has 0 unspecified atom stereocenters. The van der Waals surface area contributed by atoms with E-state index < -0.39 is 0 Å². The summed E-state index contributed by atoms with van der Waals surface area (Å²) in [6.07, 6.45) is 0. The molecule has 0 saturated carbocycles. The van der Waals surface area contributed by atoms with Crippen molar-refractivity contribution < 1.29 is 5.11 Å². The molecule has 114 valence electrons. The van der Waals surface area contributed by atoms with Crippen LogP contribution >= 0.6 is 0 Å². The van der Waals surface area contributed by atoms with E-state index in [4.69, 9.17) is 0 Å². The van der Waals surface area contributed by atoms with Gasteiger partial charge in [0.1, 0.15) is 5.75 Å². The molecule has 1 aromatic heterocycles. The summed E-state index contributed by atoms with van der Waals surface area (Å²) in [5, 5.41) is 14.6. The largest absolute Gasteiger partial charge is 0.508 e. The fourth-order valence-electron chi connectivity index (χ4n) is 3.61. The van der Waals surface area contributed by atoms with Crippen molar-refractivity contribution in [2.24, 2.45) is 0 Å². The van der Waals surface area contributed by atoms with E-state index in [0.717, 1.165) is 22.0 Å². The number of benzene rings is 4. The molecule has 4 aromatic carbocycles. The van der Waals surface area contributed by atoms with E-state index in [1.165, 1.54) is 16.3 Å². The Balaban J connectivity index is 2.09. The first-order chi connectivity index (χ1) is 11.8. The number of hydrogen-bond acceptors (Lipinski definition) is 1. The van der Waals surface area contributed by atoms with Gasteiger partial charge in [-0.1, -0.05) is 54.6 Å². The van der Waals surface area contributed by atoms with Crippen molar-refractivity contribution >= 4 is 32.6 Å². The lowest BCUT2D eigenvalue weighted by atomic mass is 10.1. The summed E-state index contributed by atoms with van der Waals surface area (Å²) < 4.78 is 2.28. The highest BCUT2D eigenvalue weighted by Crippen LogP contribution is 2.37. The topological polar surface area (TPSA) is 25.2 Å². The van der Waals surface area contributed by atoms with Crippen molar-refractivity contribution in [2.75, 3.05) is 0 Å². The molecule has 1 heterocycles. The standard InChI is InChI=1S/C22H15NO/c24-17-12-10-15-11-13-19-18-8-4-5-9-21(18)23(22(19)20(15)14-17)16-6-2-1-3-7-16/h1-14,24H. The van der Waals surface area contributed by atoms with Crippen LogP contribution in [-0.2, 0) is 0 Å². The highest BCUT2D eigenvalue weighted by atomic mass is 16.3. The molecule has 0 bridgehead atoms. The van der Waals surface area contributed by atoms with Crippen LogP contribution in [0.1, 0.15) is 0 Å². The first-order valence-corrected chi connectivity index (χ1v) is 8.03. The van der Waals surface area contributed by atoms with Crippen molar-refractivity contribution in [3.63, 3.8) is 0 Å². The van der Waals surface area contributed by atoms with Crippen molar-refractivity contribution in [3.05, 3.63) is 84.9 Å². The van der Waals surface area contributed by atoms with Crippen LogP contribution in [0.25, 0.3) is 38.3 Å². The highest BCUT2D eigenvalue weighted by Gasteiger charge is 2.14. The number of aromatic hydroxyl groups is 1. The molecular formula is C22H15NO. The molecule has 0 aliphatic rings. The van der Waals surface area contributed by atoms with Crippen molar-refractivity contribution in [1.82, 2.24) is 4.57 Å². The molecule has 0 spiro atoms. The van der Waals surface area contributed by atoms with E-state index in [1.807, 2.05) is 18.2 Å². The van der Waals surface area contributed by atoms with Crippen LogP contribution in [0.5, 0.6) is 5.75 Å². The van der Waals surface area contributed by atoms with E-state index in [2.05, 4.69) is 65.2 Å². The fourth-order valence-corrected chi connectivity index (χ4v) is 3.61. The quantitative estimate of drug-likeness (QED) is 0.426. The predicted molar refractivity (Wildman–Crippen MR) is 100.0 cm³/mol. The van der Waals surface area contributed by atoms with Crippen LogP contribution in [0.3, 0.4) is 0 Å². The van der Waals surface area contributed by atoms with Gasteiger partial charge in [0.25, 0.3) is 0 Å². The molecule has 0 aliphatic carbocycles. The van der Waals surface area contributed by atoms with Crippen LogP contribution in [-0.4, -0.2) is 9.67 Å². The van der Waals surface area contributed by atoms with Gasteiger partial charge in [0.2, 0.25) is 0 Å². The molecule has 5 rings (SSSR count). The third-order valence-corrected chi connectivity index (χ3v) is 4.65. The van der Waals surface area contributed by atoms with Crippen molar-refractivity contribution in [2.45, 2.75) is 0 Å². The molecule has 2 heteroatoms. The van der Waals surface area contributed by atoms with Crippen LogP contribution in [0, 0.1) is 0 Å². The van der Waals surface area contributed by atoms with Crippen LogP contribution in [0.15, 0.2) is 84.9 Å². The lowest BCUT2D eigenvalue weighted by molar-refractivity contribution is 0.476. The van der Waals surface area contributed by atoms with Crippen LogP contribution < -0.4 is 0 Å². The molecule has 0 saturated heterocycles. The van der Waals surface area contributed by atoms with Gasteiger partial charge >= 0.3 is 0 Å². The average Bonchev–Trinajstić information content (AvgIpc) is 2.97. The van der Waals surface area contributed by atoms with Gasteiger partial charge in [-0.2, -0.15) is 0 Å². The molecule has 0 aliphatic heterocycles. The molecular weight excluding hydrogens is 294 g/mol. The van der Waals surface area contributed by atoms with Gasteiger partial charge in [-0.15, -0.1) is 0 Å².